The molecule has 1 aliphatic heterocycles. The number of rotatable bonds is 2. The fraction of sp³-hybridized carbons (Fsp3) is 0.600. The van der Waals surface area contributed by atoms with E-state index in [0.29, 0.717) is 11.7 Å². The Morgan fingerprint density at radius 2 is 2.07 bits per heavy atom. The number of anilines is 1. The standard InChI is InChI=1S/C10H15N3O/c11-10-2-1-9(12-13-10)7-8-3-5-14-6-4-8/h1-2,8H,3-7H2,(H2,11,13). The molecule has 1 aromatic rings. The van der Waals surface area contributed by atoms with Gasteiger partial charge in [-0.25, -0.2) is 0 Å². The number of hydrogen-bond donors (Lipinski definition) is 1. The van der Waals surface area contributed by atoms with Gasteiger partial charge in [0, 0.05) is 13.2 Å². The van der Waals surface area contributed by atoms with Gasteiger partial charge >= 0.3 is 0 Å². The minimum absolute atomic E-state index is 0.487. The van der Waals surface area contributed by atoms with Crippen molar-refractivity contribution in [2.75, 3.05) is 18.9 Å². The maximum atomic E-state index is 5.47. The summed E-state index contributed by atoms with van der Waals surface area (Å²) in [5, 5.41) is 7.90. The molecule has 14 heavy (non-hydrogen) atoms. The molecule has 0 aromatic carbocycles. The largest absolute Gasteiger partial charge is 0.382 e. The van der Waals surface area contributed by atoms with Crippen molar-refractivity contribution < 1.29 is 4.74 Å². The molecule has 4 nitrogen and oxygen atoms in total. The fourth-order valence-corrected chi connectivity index (χ4v) is 1.73. The summed E-state index contributed by atoms with van der Waals surface area (Å²) in [6.45, 7) is 1.76. The Morgan fingerprint density at radius 1 is 1.29 bits per heavy atom. The quantitative estimate of drug-likeness (QED) is 0.762. The van der Waals surface area contributed by atoms with E-state index in [1.165, 1.54) is 0 Å². The van der Waals surface area contributed by atoms with Crippen LogP contribution in [0, 0.1) is 5.92 Å². The van der Waals surface area contributed by atoms with Crippen LogP contribution in [0.3, 0.4) is 0 Å². The topological polar surface area (TPSA) is 61.0 Å². The third-order valence-corrected chi connectivity index (χ3v) is 2.58. The average molecular weight is 193 g/mol. The van der Waals surface area contributed by atoms with E-state index >= 15 is 0 Å². The van der Waals surface area contributed by atoms with Gasteiger partial charge in [0.2, 0.25) is 0 Å². The predicted octanol–water partition coefficient (Wildman–Crippen LogP) is 1.03. The molecule has 1 aromatic heterocycles. The van der Waals surface area contributed by atoms with Crippen LogP contribution in [-0.4, -0.2) is 23.4 Å². The van der Waals surface area contributed by atoms with E-state index in [0.717, 1.165) is 38.2 Å². The molecular formula is C10H15N3O. The van der Waals surface area contributed by atoms with Gasteiger partial charge in [-0.15, -0.1) is 5.10 Å². The molecule has 2 rings (SSSR count). The van der Waals surface area contributed by atoms with Crippen molar-refractivity contribution in [2.45, 2.75) is 19.3 Å². The molecule has 0 radical (unpaired) electrons. The van der Waals surface area contributed by atoms with Gasteiger partial charge in [0.05, 0.1) is 5.69 Å². The Kier molecular flexibility index (Phi) is 2.93. The first-order valence-electron chi connectivity index (χ1n) is 5.00. The zero-order valence-electron chi connectivity index (χ0n) is 8.15. The lowest BCUT2D eigenvalue weighted by atomic mass is 9.95. The number of nitrogens with zero attached hydrogens (tertiary/aromatic N) is 2. The molecule has 1 saturated heterocycles. The van der Waals surface area contributed by atoms with Crippen molar-refractivity contribution in [3.8, 4) is 0 Å². The molecule has 0 amide bonds. The SMILES string of the molecule is Nc1ccc(CC2CCOCC2)nn1. The molecule has 2 heterocycles. The lowest BCUT2D eigenvalue weighted by molar-refractivity contribution is 0.0662. The maximum Gasteiger partial charge on any atom is 0.146 e. The van der Waals surface area contributed by atoms with E-state index in [-0.39, 0.29) is 0 Å². The van der Waals surface area contributed by atoms with Crippen molar-refractivity contribution in [1.29, 1.82) is 0 Å². The summed E-state index contributed by atoms with van der Waals surface area (Å²) in [6.07, 6.45) is 3.26. The van der Waals surface area contributed by atoms with E-state index in [1.807, 2.05) is 12.1 Å². The van der Waals surface area contributed by atoms with Gasteiger partial charge in [0.25, 0.3) is 0 Å². The van der Waals surface area contributed by atoms with Crippen LogP contribution >= 0.6 is 0 Å². The molecule has 0 atom stereocenters. The Labute approximate surface area is 83.5 Å². The Hall–Kier alpha value is -1.16. The summed E-state index contributed by atoms with van der Waals surface area (Å²) < 4.78 is 5.30. The molecule has 0 bridgehead atoms. The van der Waals surface area contributed by atoms with E-state index in [9.17, 15) is 0 Å². The highest BCUT2D eigenvalue weighted by molar-refractivity contribution is 5.25. The normalized spacial score (nSPS) is 18.3. The van der Waals surface area contributed by atoms with Gasteiger partial charge in [-0.2, -0.15) is 5.10 Å². The molecule has 0 unspecified atom stereocenters. The van der Waals surface area contributed by atoms with Gasteiger partial charge in [-0.1, -0.05) is 0 Å². The molecular weight excluding hydrogens is 178 g/mol. The molecule has 0 saturated carbocycles. The van der Waals surface area contributed by atoms with Gasteiger partial charge in [-0.3, -0.25) is 0 Å². The Bertz CT molecular complexity index is 280. The van der Waals surface area contributed by atoms with E-state index in [4.69, 9.17) is 10.5 Å². The van der Waals surface area contributed by atoms with Gasteiger partial charge < -0.3 is 10.5 Å². The number of hydrogen-bond acceptors (Lipinski definition) is 4. The van der Waals surface area contributed by atoms with Crippen LogP contribution in [0.1, 0.15) is 18.5 Å². The summed E-state index contributed by atoms with van der Waals surface area (Å²) in [7, 11) is 0. The van der Waals surface area contributed by atoms with Crippen LogP contribution in [0.2, 0.25) is 0 Å². The van der Waals surface area contributed by atoms with Crippen molar-refractivity contribution in [3.05, 3.63) is 17.8 Å². The van der Waals surface area contributed by atoms with Gasteiger partial charge in [0.1, 0.15) is 5.82 Å². The molecule has 2 N–H and O–H groups in total. The molecule has 0 spiro atoms. The summed E-state index contributed by atoms with van der Waals surface area (Å²) in [4.78, 5) is 0. The number of ether oxygens (including phenoxy) is 1. The van der Waals surface area contributed by atoms with Crippen LogP contribution in [0.25, 0.3) is 0 Å². The smallest absolute Gasteiger partial charge is 0.146 e. The van der Waals surface area contributed by atoms with Crippen molar-refractivity contribution in [2.24, 2.45) is 5.92 Å². The van der Waals surface area contributed by atoms with Crippen LogP contribution < -0.4 is 5.73 Å². The van der Waals surface area contributed by atoms with Crippen LogP contribution in [0.5, 0.6) is 0 Å². The first kappa shape index (κ1) is 9.40. The lowest BCUT2D eigenvalue weighted by Crippen LogP contribution is -2.18. The second kappa shape index (κ2) is 4.37. The number of nitrogen functional groups attached to an aromatic ring is 1. The summed E-state index contributed by atoms with van der Waals surface area (Å²) in [6, 6.07) is 3.76. The fourth-order valence-electron chi connectivity index (χ4n) is 1.73. The minimum atomic E-state index is 0.487. The van der Waals surface area contributed by atoms with Crippen molar-refractivity contribution in [3.63, 3.8) is 0 Å². The molecule has 1 fully saturated rings. The molecule has 0 aliphatic carbocycles. The highest BCUT2D eigenvalue weighted by Gasteiger charge is 2.14. The molecule has 1 aliphatic rings. The lowest BCUT2D eigenvalue weighted by Gasteiger charge is -2.21. The second-order valence-electron chi connectivity index (χ2n) is 3.71. The first-order valence-corrected chi connectivity index (χ1v) is 5.00. The van der Waals surface area contributed by atoms with E-state index < -0.39 is 0 Å². The monoisotopic (exact) mass is 193 g/mol. The van der Waals surface area contributed by atoms with Gasteiger partial charge in [-0.05, 0) is 37.3 Å². The Balaban J connectivity index is 1.92. The molecule has 76 valence electrons. The van der Waals surface area contributed by atoms with Crippen molar-refractivity contribution in [1.82, 2.24) is 10.2 Å². The van der Waals surface area contributed by atoms with Crippen molar-refractivity contribution >= 4 is 5.82 Å². The molecule has 4 heteroatoms. The zero-order valence-corrected chi connectivity index (χ0v) is 8.15. The van der Waals surface area contributed by atoms with Gasteiger partial charge in [0.15, 0.2) is 0 Å². The summed E-state index contributed by atoms with van der Waals surface area (Å²) in [5.41, 5.74) is 6.50. The van der Waals surface area contributed by atoms with Crippen LogP contribution in [0.15, 0.2) is 12.1 Å². The van der Waals surface area contributed by atoms with Crippen LogP contribution in [-0.2, 0) is 11.2 Å². The first-order chi connectivity index (χ1) is 6.84. The third-order valence-electron chi connectivity index (χ3n) is 2.58. The highest BCUT2D eigenvalue weighted by Crippen LogP contribution is 2.18. The van der Waals surface area contributed by atoms with Crippen LogP contribution in [0.4, 0.5) is 5.82 Å². The second-order valence-corrected chi connectivity index (χ2v) is 3.71. The highest BCUT2D eigenvalue weighted by atomic mass is 16.5. The average Bonchev–Trinajstić information content (AvgIpc) is 2.23. The summed E-state index contributed by atoms with van der Waals surface area (Å²) in [5.74, 6) is 1.18. The third kappa shape index (κ3) is 2.42. The number of aromatic nitrogens is 2. The number of nitrogens with two attached hydrogens (primary N) is 1. The minimum Gasteiger partial charge on any atom is -0.382 e. The maximum absolute atomic E-state index is 5.47. The van der Waals surface area contributed by atoms with E-state index in [2.05, 4.69) is 10.2 Å². The Morgan fingerprint density at radius 3 is 2.71 bits per heavy atom. The zero-order chi connectivity index (χ0) is 9.80. The predicted molar refractivity (Wildman–Crippen MR) is 53.7 cm³/mol. The van der Waals surface area contributed by atoms with E-state index in [1.54, 1.807) is 0 Å². The summed E-state index contributed by atoms with van der Waals surface area (Å²) >= 11 is 0.